The van der Waals surface area contributed by atoms with Gasteiger partial charge in [0.05, 0.1) is 5.56 Å². The van der Waals surface area contributed by atoms with E-state index in [9.17, 15) is 4.79 Å². The molecule has 1 N–H and O–H groups in total. The number of H-pyrrole nitrogens is 1. The second-order valence-electron chi connectivity index (χ2n) is 6.07. The number of rotatable bonds is 3. The molecule has 1 saturated heterocycles. The van der Waals surface area contributed by atoms with Crippen LogP contribution < -0.4 is 0 Å². The van der Waals surface area contributed by atoms with Crippen LogP contribution in [0.4, 0.5) is 0 Å². The van der Waals surface area contributed by atoms with E-state index in [1.54, 1.807) is 11.0 Å². The third-order valence-electron chi connectivity index (χ3n) is 4.07. The number of piperidine rings is 1. The second kappa shape index (κ2) is 6.24. The summed E-state index contributed by atoms with van der Waals surface area (Å²) in [7, 11) is 0. The van der Waals surface area contributed by atoms with Crippen molar-refractivity contribution in [3.63, 3.8) is 0 Å². The normalized spacial score (nSPS) is 18.2. The number of carbonyl (C=O) groups excluding carboxylic acids is 1. The number of nitrogens with zero attached hydrogens (tertiary/aromatic N) is 4. The predicted molar refractivity (Wildman–Crippen MR) is 81.5 cm³/mol. The van der Waals surface area contributed by atoms with E-state index < -0.39 is 0 Å². The molecule has 23 heavy (non-hydrogen) atoms. The van der Waals surface area contributed by atoms with E-state index in [1.807, 2.05) is 19.9 Å². The van der Waals surface area contributed by atoms with Crippen molar-refractivity contribution in [2.75, 3.05) is 6.54 Å². The van der Waals surface area contributed by atoms with Crippen LogP contribution in [0.3, 0.4) is 0 Å². The van der Waals surface area contributed by atoms with Gasteiger partial charge in [-0.15, -0.1) is 0 Å². The Kier molecular flexibility index (Phi) is 4.15. The number of hydrogen-bond acceptors (Lipinski definition) is 5. The van der Waals surface area contributed by atoms with Gasteiger partial charge in [0, 0.05) is 18.7 Å². The fraction of sp³-hybridized carbons (Fsp3) is 0.500. The highest BCUT2D eigenvalue weighted by Gasteiger charge is 2.33. The van der Waals surface area contributed by atoms with Gasteiger partial charge in [0.15, 0.2) is 5.82 Å². The highest BCUT2D eigenvalue weighted by Crippen LogP contribution is 2.31. The zero-order valence-electron chi connectivity index (χ0n) is 13.2. The summed E-state index contributed by atoms with van der Waals surface area (Å²) in [4.78, 5) is 21.8. The van der Waals surface area contributed by atoms with Crippen LogP contribution in [0.5, 0.6) is 0 Å². The molecule has 0 aromatic carbocycles. The number of amides is 1. The lowest BCUT2D eigenvalue weighted by atomic mass is 10.0. The third kappa shape index (κ3) is 2.97. The molecule has 3 rings (SSSR count). The Labute approximate surface area is 134 Å². The standard InChI is InChI=1S/C16H19N5O2/c1-10(2)14-19-15(23-20-14)13-5-3-4-6-21(13)16(22)12-7-11(8-17)9-18-12/h7,9-10,13,18H,3-6H2,1-2H3/t13-/m0/s1. The van der Waals surface area contributed by atoms with Crippen molar-refractivity contribution in [3.05, 3.63) is 35.2 Å². The van der Waals surface area contributed by atoms with Crippen LogP contribution in [0, 0.1) is 11.3 Å². The number of aromatic amines is 1. The van der Waals surface area contributed by atoms with E-state index >= 15 is 0 Å². The van der Waals surface area contributed by atoms with E-state index in [1.165, 1.54) is 6.20 Å². The Balaban J connectivity index is 1.86. The van der Waals surface area contributed by atoms with Crippen molar-refractivity contribution in [2.45, 2.75) is 45.1 Å². The van der Waals surface area contributed by atoms with Gasteiger partial charge in [-0.2, -0.15) is 10.2 Å². The molecule has 1 aliphatic rings. The first-order valence-electron chi connectivity index (χ1n) is 7.83. The zero-order chi connectivity index (χ0) is 16.4. The number of nitrogens with one attached hydrogen (secondary N) is 1. The molecule has 7 heteroatoms. The fourth-order valence-corrected chi connectivity index (χ4v) is 2.79. The van der Waals surface area contributed by atoms with Gasteiger partial charge in [0.25, 0.3) is 5.91 Å². The lowest BCUT2D eigenvalue weighted by Crippen LogP contribution is -2.38. The molecular formula is C16H19N5O2. The van der Waals surface area contributed by atoms with Gasteiger partial charge in [-0.25, -0.2) is 0 Å². The largest absolute Gasteiger partial charge is 0.356 e. The van der Waals surface area contributed by atoms with E-state index in [0.29, 0.717) is 29.5 Å². The SMILES string of the molecule is CC(C)c1noc([C@@H]2CCCCN2C(=O)c2cc(C#N)c[nH]2)n1. The van der Waals surface area contributed by atoms with Crippen LogP contribution in [-0.2, 0) is 0 Å². The highest BCUT2D eigenvalue weighted by molar-refractivity contribution is 5.93. The molecule has 0 aliphatic carbocycles. The first-order valence-corrected chi connectivity index (χ1v) is 7.83. The van der Waals surface area contributed by atoms with Gasteiger partial charge in [-0.1, -0.05) is 19.0 Å². The number of hydrogen-bond donors (Lipinski definition) is 1. The number of likely N-dealkylation sites (tertiary alicyclic amines) is 1. The average Bonchev–Trinajstić information content (AvgIpc) is 3.23. The Morgan fingerprint density at radius 2 is 2.35 bits per heavy atom. The van der Waals surface area contributed by atoms with Crippen molar-refractivity contribution >= 4 is 5.91 Å². The Morgan fingerprint density at radius 1 is 1.52 bits per heavy atom. The van der Waals surface area contributed by atoms with E-state index in [0.717, 1.165) is 19.3 Å². The maximum absolute atomic E-state index is 12.7. The van der Waals surface area contributed by atoms with Gasteiger partial charge in [-0.3, -0.25) is 4.79 Å². The summed E-state index contributed by atoms with van der Waals surface area (Å²) in [5.41, 5.74) is 0.860. The maximum Gasteiger partial charge on any atom is 0.270 e. The Hall–Kier alpha value is -2.62. The first kappa shape index (κ1) is 15.3. The fourth-order valence-electron chi connectivity index (χ4n) is 2.79. The van der Waals surface area contributed by atoms with E-state index in [-0.39, 0.29) is 17.9 Å². The number of nitriles is 1. The summed E-state index contributed by atoms with van der Waals surface area (Å²) in [5.74, 6) is 1.20. The molecule has 2 aromatic rings. The molecule has 3 heterocycles. The van der Waals surface area contributed by atoms with Crippen molar-refractivity contribution in [2.24, 2.45) is 0 Å². The lowest BCUT2D eigenvalue weighted by Gasteiger charge is -2.33. The van der Waals surface area contributed by atoms with Gasteiger partial charge in [0.2, 0.25) is 5.89 Å². The maximum atomic E-state index is 12.7. The highest BCUT2D eigenvalue weighted by atomic mass is 16.5. The monoisotopic (exact) mass is 313 g/mol. The van der Waals surface area contributed by atoms with Crippen molar-refractivity contribution in [3.8, 4) is 6.07 Å². The van der Waals surface area contributed by atoms with Gasteiger partial charge in [-0.05, 0) is 25.3 Å². The third-order valence-corrected chi connectivity index (χ3v) is 4.07. The summed E-state index contributed by atoms with van der Waals surface area (Å²) in [6, 6.07) is 3.39. The van der Waals surface area contributed by atoms with E-state index in [2.05, 4.69) is 15.1 Å². The van der Waals surface area contributed by atoms with Crippen molar-refractivity contribution in [1.82, 2.24) is 20.0 Å². The molecule has 1 atom stereocenters. The summed E-state index contributed by atoms with van der Waals surface area (Å²) < 4.78 is 5.39. The van der Waals surface area contributed by atoms with Crippen LogP contribution in [0.25, 0.3) is 0 Å². The lowest BCUT2D eigenvalue weighted by molar-refractivity contribution is 0.0556. The molecule has 120 valence electrons. The molecule has 0 radical (unpaired) electrons. The minimum absolute atomic E-state index is 0.138. The molecule has 1 fully saturated rings. The first-order chi connectivity index (χ1) is 11.1. The number of carbonyl (C=O) groups is 1. The molecule has 2 aromatic heterocycles. The summed E-state index contributed by atoms with van der Waals surface area (Å²) in [6.07, 6.45) is 4.30. The molecule has 1 amide bonds. The van der Waals surface area contributed by atoms with Gasteiger partial charge >= 0.3 is 0 Å². The minimum Gasteiger partial charge on any atom is -0.356 e. The number of aromatic nitrogens is 3. The van der Waals surface area contributed by atoms with E-state index in [4.69, 9.17) is 9.78 Å². The molecule has 0 unspecified atom stereocenters. The molecular weight excluding hydrogens is 294 g/mol. The van der Waals surface area contributed by atoms with Crippen LogP contribution >= 0.6 is 0 Å². The molecule has 0 bridgehead atoms. The second-order valence-corrected chi connectivity index (χ2v) is 6.07. The zero-order valence-corrected chi connectivity index (χ0v) is 13.2. The molecule has 7 nitrogen and oxygen atoms in total. The summed E-state index contributed by atoms with van der Waals surface area (Å²) in [5, 5.41) is 12.9. The molecule has 1 aliphatic heterocycles. The Morgan fingerprint density at radius 3 is 3.00 bits per heavy atom. The predicted octanol–water partition coefficient (Wildman–Crippen LogP) is 2.76. The Bertz CT molecular complexity index is 740. The van der Waals surface area contributed by atoms with Gasteiger partial charge < -0.3 is 14.4 Å². The summed E-state index contributed by atoms with van der Waals surface area (Å²) >= 11 is 0. The van der Waals surface area contributed by atoms with Crippen molar-refractivity contribution < 1.29 is 9.32 Å². The summed E-state index contributed by atoms with van der Waals surface area (Å²) in [6.45, 7) is 4.64. The van der Waals surface area contributed by atoms with Crippen LogP contribution in [0.1, 0.15) is 72.8 Å². The average molecular weight is 313 g/mol. The van der Waals surface area contributed by atoms with Crippen LogP contribution in [-0.4, -0.2) is 32.5 Å². The van der Waals surface area contributed by atoms with Crippen LogP contribution in [0.2, 0.25) is 0 Å². The smallest absolute Gasteiger partial charge is 0.270 e. The van der Waals surface area contributed by atoms with Crippen LogP contribution in [0.15, 0.2) is 16.8 Å². The minimum atomic E-state index is -0.204. The van der Waals surface area contributed by atoms with Crippen molar-refractivity contribution in [1.29, 1.82) is 5.26 Å². The molecule has 0 saturated carbocycles. The topological polar surface area (TPSA) is 98.8 Å². The quantitative estimate of drug-likeness (QED) is 0.939. The van der Waals surface area contributed by atoms with Gasteiger partial charge in [0.1, 0.15) is 17.8 Å². The molecule has 0 spiro atoms.